The highest BCUT2D eigenvalue weighted by atomic mass is 16.4. The Hall–Kier alpha value is -1.86. The second-order valence-corrected chi connectivity index (χ2v) is 13.9. The summed E-state index contributed by atoms with van der Waals surface area (Å²) in [5, 5.41) is 32.4. The van der Waals surface area contributed by atoms with Gasteiger partial charge in [-0.2, -0.15) is 0 Å². The molecule has 0 amide bonds. The molecule has 0 saturated heterocycles. The molecule has 2 saturated carbocycles. The Bertz CT molecular complexity index is 1070. The van der Waals surface area contributed by atoms with Crippen molar-refractivity contribution in [1.82, 2.24) is 0 Å². The zero-order valence-electron chi connectivity index (χ0n) is 23.4. The lowest BCUT2D eigenvalue weighted by molar-refractivity contribution is -0.146. The van der Waals surface area contributed by atoms with E-state index < -0.39 is 45.8 Å². The third-order valence-corrected chi connectivity index (χ3v) is 11.6. The van der Waals surface area contributed by atoms with Gasteiger partial charge in [0.25, 0.3) is 0 Å². The van der Waals surface area contributed by atoms with E-state index in [1.54, 1.807) is 0 Å². The van der Waals surface area contributed by atoms with E-state index in [1.165, 1.54) is 6.92 Å². The van der Waals surface area contributed by atoms with Crippen LogP contribution in [0.2, 0.25) is 0 Å². The van der Waals surface area contributed by atoms with Crippen molar-refractivity contribution in [3.8, 4) is 0 Å². The van der Waals surface area contributed by atoms with Crippen LogP contribution in [0.3, 0.4) is 0 Å². The van der Waals surface area contributed by atoms with Crippen molar-refractivity contribution >= 4 is 23.3 Å². The third kappa shape index (κ3) is 3.82. The number of carboxylic acid groups (broad SMARTS) is 1. The number of rotatable bonds is 6. The van der Waals surface area contributed by atoms with E-state index in [-0.39, 0.29) is 54.4 Å². The first-order valence-electron chi connectivity index (χ1n) is 13.8. The number of aliphatic hydroxyl groups excluding tert-OH is 2. The summed E-state index contributed by atoms with van der Waals surface area (Å²) in [6.45, 7) is 13.4. The lowest BCUT2D eigenvalue weighted by Crippen LogP contribution is -2.60. The van der Waals surface area contributed by atoms with Crippen LogP contribution in [0.25, 0.3) is 0 Å². The Balaban J connectivity index is 1.74. The molecule has 4 rings (SSSR count). The van der Waals surface area contributed by atoms with E-state index in [0.29, 0.717) is 36.8 Å². The van der Waals surface area contributed by atoms with Crippen molar-refractivity contribution < 1.29 is 34.5 Å². The largest absolute Gasteiger partial charge is 0.481 e. The summed E-state index contributed by atoms with van der Waals surface area (Å²) in [6.07, 6.45) is 0.421. The van der Waals surface area contributed by atoms with Gasteiger partial charge in [0, 0.05) is 47.5 Å². The van der Waals surface area contributed by atoms with Gasteiger partial charge in [-0.3, -0.25) is 19.2 Å². The molecule has 4 aliphatic rings. The van der Waals surface area contributed by atoms with Gasteiger partial charge in [-0.25, -0.2) is 0 Å². The van der Waals surface area contributed by atoms with E-state index in [2.05, 4.69) is 6.92 Å². The normalized spacial score (nSPS) is 42.5. The zero-order chi connectivity index (χ0) is 27.9. The van der Waals surface area contributed by atoms with E-state index >= 15 is 0 Å². The Labute approximate surface area is 220 Å². The molecule has 0 aromatic rings. The minimum atomic E-state index is -1.00. The van der Waals surface area contributed by atoms with Gasteiger partial charge in [0.1, 0.15) is 11.6 Å². The molecule has 0 heterocycles. The number of aliphatic hydroxyl groups is 2. The van der Waals surface area contributed by atoms with E-state index in [0.717, 1.165) is 0 Å². The van der Waals surface area contributed by atoms with Crippen molar-refractivity contribution in [2.45, 2.75) is 106 Å². The predicted molar refractivity (Wildman–Crippen MR) is 137 cm³/mol. The van der Waals surface area contributed by atoms with Gasteiger partial charge in [0.2, 0.25) is 0 Å². The third-order valence-electron chi connectivity index (χ3n) is 11.6. The molecule has 7 heteroatoms. The average molecular weight is 517 g/mol. The van der Waals surface area contributed by atoms with Gasteiger partial charge in [-0.1, -0.05) is 48.5 Å². The van der Waals surface area contributed by atoms with Crippen LogP contribution in [-0.2, 0) is 19.2 Å². The summed E-state index contributed by atoms with van der Waals surface area (Å²) < 4.78 is 0. The smallest absolute Gasteiger partial charge is 0.306 e. The first kappa shape index (κ1) is 28.2. The maximum atomic E-state index is 14.1. The average Bonchev–Trinajstić information content (AvgIpc) is 2.99. The Morgan fingerprint density at radius 3 is 2.22 bits per heavy atom. The highest BCUT2D eigenvalue weighted by molar-refractivity contribution is 6.01. The molecular weight excluding hydrogens is 472 g/mol. The summed E-state index contributed by atoms with van der Waals surface area (Å²) in [4.78, 5) is 50.8. The minimum Gasteiger partial charge on any atom is -0.481 e. The second kappa shape index (κ2) is 8.84. The first-order valence-corrected chi connectivity index (χ1v) is 13.8. The standard InChI is InChI=1S/C30H44O7/c1-15(10-17(31)11-16(2)26(36)37)18-12-23(35)30(7)25-19(32)13-21-27(3,4)22(34)8-9-28(21,5)24(25)20(33)14-29(18,30)6/h15-16,18-19,21,23,32,35H,8-14H2,1-7H3,(H,36,37)/t15-,16-,18-,19+,21-,23+,28+,29-,30+/m1/s1. The second-order valence-electron chi connectivity index (χ2n) is 13.9. The number of aliphatic carboxylic acids is 1. The fraction of sp³-hybridized carbons (Fsp3) is 0.800. The monoisotopic (exact) mass is 516 g/mol. The molecule has 0 bridgehead atoms. The van der Waals surface area contributed by atoms with Gasteiger partial charge in [-0.15, -0.1) is 0 Å². The SMILES string of the molecule is C[C@H](CC(=O)C[C@@H](C)[C@H]1C[C@H](O)[C@@]2(C)C3=C(C(=O)C[C@]12C)[C@@]1(C)CCC(=O)C(C)(C)[C@H]1C[C@@H]3O)C(=O)O. The summed E-state index contributed by atoms with van der Waals surface area (Å²) in [5.41, 5.74) is -1.40. The van der Waals surface area contributed by atoms with Crippen LogP contribution in [0.4, 0.5) is 0 Å². The summed E-state index contributed by atoms with van der Waals surface area (Å²) in [7, 11) is 0. The zero-order valence-corrected chi connectivity index (χ0v) is 23.4. The number of fused-ring (bicyclic) bond motifs is 4. The highest BCUT2D eigenvalue weighted by Gasteiger charge is 2.70. The van der Waals surface area contributed by atoms with Crippen molar-refractivity contribution in [1.29, 1.82) is 0 Å². The van der Waals surface area contributed by atoms with E-state index in [9.17, 15) is 34.5 Å². The summed E-state index contributed by atoms with van der Waals surface area (Å²) in [6, 6.07) is 0. The molecule has 3 N–H and O–H groups in total. The van der Waals surface area contributed by atoms with Crippen LogP contribution in [0.1, 0.15) is 93.4 Å². The highest BCUT2D eigenvalue weighted by Crippen LogP contribution is 2.71. The molecule has 0 radical (unpaired) electrons. The minimum absolute atomic E-state index is 0.0106. The Morgan fingerprint density at radius 2 is 1.62 bits per heavy atom. The summed E-state index contributed by atoms with van der Waals surface area (Å²) >= 11 is 0. The first-order chi connectivity index (χ1) is 16.9. The number of allylic oxidation sites excluding steroid dienone is 1. The van der Waals surface area contributed by atoms with Crippen LogP contribution in [0.5, 0.6) is 0 Å². The number of hydrogen-bond donors (Lipinski definition) is 3. The van der Waals surface area contributed by atoms with Crippen LogP contribution >= 0.6 is 0 Å². The maximum Gasteiger partial charge on any atom is 0.306 e. The number of carbonyl (C=O) groups excluding carboxylic acids is 3. The van der Waals surface area contributed by atoms with Gasteiger partial charge < -0.3 is 15.3 Å². The molecular formula is C30H44O7. The molecule has 0 aromatic carbocycles. The quantitative estimate of drug-likeness (QED) is 0.484. The number of hydrogen-bond acceptors (Lipinski definition) is 6. The van der Waals surface area contributed by atoms with E-state index in [1.807, 2.05) is 34.6 Å². The number of carboxylic acids is 1. The Morgan fingerprint density at radius 1 is 1.00 bits per heavy atom. The molecule has 7 nitrogen and oxygen atoms in total. The molecule has 0 unspecified atom stereocenters. The molecule has 0 spiro atoms. The molecule has 9 atom stereocenters. The van der Waals surface area contributed by atoms with Crippen LogP contribution in [0.15, 0.2) is 11.1 Å². The van der Waals surface area contributed by atoms with Gasteiger partial charge in [0.15, 0.2) is 5.78 Å². The molecule has 4 aliphatic carbocycles. The van der Waals surface area contributed by atoms with Crippen LogP contribution in [0, 0.1) is 45.3 Å². The van der Waals surface area contributed by atoms with Crippen molar-refractivity contribution in [2.75, 3.05) is 0 Å². The molecule has 2 fully saturated rings. The molecule has 0 aliphatic heterocycles. The van der Waals surface area contributed by atoms with E-state index in [4.69, 9.17) is 0 Å². The molecule has 0 aromatic heterocycles. The van der Waals surface area contributed by atoms with Crippen LogP contribution < -0.4 is 0 Å². The topological polar surface area (TPSA) is 129 Å². The number of carbonyl (C=O) groups is 4. The lowest BCUT2D eigenvalue weighted by atomic mass is 9.42. The fourth-order valence-electron chi connectivity index (χ4n) is 9.20. The molecule has 37 heavy (non-hydrogen) atoms. The summed E-state index contributed by atoms with van der Waals surface area (Å²) in [5.74, 6) is -2.17. The van der Waals surface area contributed by atoms with Crippen LogP contribution in [-0.4, -0.2) is 50.8 Å². The van der Waals surface area contributed by atoms with Gasteiger partial charge in [0.05, 0.1) is 18.1 Å². The maximum absolute atomic E-state index is 14.1. The number of ketones is 3. The van der Waals surface area contributed by atoms with Gasteiger partial charge >= 0.3 is 5.97 Å². The van der Waals surface area contributed by atoms with Crippen molar-refractivity contribution in [3.05, 3.63) is 11.1 Å². The molecule has 206 valence electrons. The Kier molecular flexibility index (Phi) is 6.72. The predicted octanol–water partition coefficient (Wildman–Crippen LogP) is 4.13. The van der Waals surface area contributed by atoms with Gasteiger partial charge in [-0.05, 0) is 48.0 Å². The number of Topliss-reactive ketones (excluding diaryl/α,β-unsaturated/α-hetero) is 3. The van der Waals surface area contributed by atoms with Crippen molar-refractivity contribution in [3.63, 3.8) is 0 Å². The van der Waals surface area contributed by atoms with Crippen molar-refractivity contribution in [2.24, 2.45) is 45.3 Å². The lowest BCUT2D eigenvalue weighted by Gasteiger charge is -2.61. The fourth-order valence-corrected chi connectivity index (χ4v) is 9.20.